The number of aryl methyl sites for hydroxylation is 1. The highest BCUT2D eigenvalue weighted by molar-refractivity contribution is 7.89. The average Bonchev–Trinajstić information content (AvgIpc) is 2.69. The van der Waals surface area contributed by atoms with Crippen LogP contribution in [0.25, 0.3) is 0 Å². The molecule has 2 fully saturated rings. The highest BCUT2D eigenvalue weighted by Gasteiger charge is 2.30. The molecular weight excluding hydrogens is 373 g/mol. The summed E-state index contributed by atoms with van der Waals surface area (Å²) in [5.74, 6) is -0.374. The SMILES string of the molecule is Cc1cc(S(=O)(=O)N2CCN(C(=O)CCN3CCOCC3)CC2)ccc1F. The van der Waals surface area contributed by atoms with Gasteiger partial charge in [0, 0.05) is 52.2 Å². The molecule has 0 atom stereocenters. The van der Waals surface area contributed by atoms with Crippen LogP contribution in [-0.4, -0.2) is 87.5 Å². The number of hydrogen-bond acceptors (Lipinski definition) is 5. The zero-order chi connectivity index (χ0) is 19.4. The van der Waals surface area contributed by atoms with E-state index in [-0.39, 0.29) is 23.9 Å². The summed E-state index contributed by atoms with van der Waals surface area (Å²) in [6.07, 6.45) is 0.434. The highest BCUT2D eigenvalue weighted by atomic mass is 32.2. The summed E-state index contributed by atoms with van der Waals surface area (Å²) in [5, 5.41) is 0. The molecule has 0 N–H and O–H groups in total. The minimum atomic E-state index is -3.67. The maximum Gasteiger partial charge on any atom is 0.243 e. The van der Waals surface area contributed by atoms with Crippen molar-refractivity contribution >= 4 is 15.9 Å². The second kappa shape index (κ2) is 8.64. The Morgan fingerprint density at radius 2 is 1.78 bits per heavy atom. The monoisotopic (exact) mass is 399 g/mol. The number of amides is 1. The molecule has 2 aliphatic heterocycles. The van der Waals surface area contributed by atoms with Crippen LogP contribution < -0.4 is 0 Å². The molecule has 1 aromatic rings. The number of morpholine rings is 1. The van der Waals surface area contributed by atoms with E-state index in [9.17, 15) is 17.6 Å². The molecule has 2 heterocycles. The fraction of sp³-hybridized carbons (Fsp3) is 0.611. The van der Waals surface area contributed by atoms with Crippen molar-refractivity contribution in [2.24, 2.45) is 0 Å². The van der Waals surface area contributed by atoms with Gasteiger partial charge in [-0.1, -0.05) is 0 Å². The molecular formula is C18H26FN3O4S. The predicted molar refractivity (Wildman–Crippen MR) is 98.4 cm³/mol. The van der Waals surface area contributed by atoms with Gasteiger partial charge < -0.3 is 9.64 Å². The van der Waals surface area contributed by atoms with Crippen molar-refractivity contribution in [2.45, 2.75) is 18.2 Å². The van der Waals surface area contributed by atoms with E-state index < -0.39 is 15.8 Å². The quantitative estimate of drug-likeness (QED) is 0.729. The number of hydrogen-bond donors (Lipinski definition) is 0. The predicted octanol–water partition coefficient (Wildman–Crippen LogP) is 0.689. The minimum absolute atomic E-state index is 0.0520. The number of ether oxygens (including phenoxy) is 1. The third kappa shape index (κ3) is 4.84. The zero-order valence-electron chi connectivity index (χ0n) is 15.6. The molecule has 0 saturated carbocycles. The number of nitrogens with zero attached hydrogens (tertiary/aromatic N) is 3. The van der Waals surface area contributed by atoms with Crippen molar-refractivity contribution in [3.63, 3.8) is 0 Å². The van der Waals surface area contributed by atoms with E-state index in [1.54, 1.807) is 11.8 Å². The molecule has 0 spiro atoms. The van der Waals surface area contributed by atoms with Crippen LogP contribution >= 0.6 is 0 Å². The van der Waals surface area contributed by atoms with Crippen LogP contribution in [-0.2, 0) is 19.6 Å². The first-order valence-electron chi connectivity index (χ1n) is 9.22. The molecule has 27 heavy (non-hydrogen) atoms. The van der Waals surface area contributed by atoms with Crippen molar-refractivity contribution < 1.29 is 22.3 Å². The van der Waals surface area contributed by atoms with E-state index in [2.05, 4.69) is 4.90 Å². The highest BCUT2D eigenvalue weighted by Crippen LogP contribution is 2.20. The summed E-state index contributed by atoms with van der Waals surface area (Å²) in [6, 6.07) is 3.82. The van der Waals surface area contributed by atoms with E-state index in [1.165, 1.54) is 22.5 Å². The van der Waals surface area contributed by atoms with E-state index in [0.29, 0.717) is 44.8 Å². The Balaban J connectivity index is 1.53. The van der Waals surface area contributed by atoms with E-state index in [4.69, 9.17) is 4.74 Å². The Kier molecular flexibility index (Phi) is 6.46. The molecule has 150 valence electrons. The standard InChI is InChI=1S/C18H26FN3O4S/c1-15-14-16(2-3-17(15)19)27(24,25)22-8-6-21(7-9-22)18(23)4-5-20-10-12-26-13-11-20/h2-3,14H,4-13H2,1H3. The summed E-state index contributed by atoms with van der Waals surface area (Å²) in [4.78, 5) is 16.4. The Morgan fingerprint density at radius 1 is 1.11 bits per heavy atom. The molecule has 9 heteroatoms. The van der Waals surface area contributed by atoms with Gasteiger partial charge in [-0.25, -0.2) is 12.8 Å². The lowest BCUT2D eigenvalue weighted by Gasteiger charge is -2.34. The topological polar surface area (TPSA) is 70.2 Å². The van der Waals surface area contributed by atoms with Crippen LogP contribution in [0.1, 0.15) is 12.0 Å². The van der Waals surface area contributed by atoms with Crippen molar-refractivity contribution in [2.75, 3.05) is 59.0 Å². The lowest BCUT2D eigenvalue weighted by atomic mass is 10.2. The van der Waals surface area contributed by atoms with Gasteiger partial charge in [-0.2, -0.15) is 4.31 Å². The average molecular weight is 399 g/mol. The number of benzene rings is 1. The van der Waals surface area contributed by atoms with Crippen LogP contribution in [0.3, 0.4) is 0 Å². The second-order valence-corrected chi connectivity index (χ2v) is 8.84. The maximum absolute atomic E-state index is 13.4. The Labute approximate surface area is 159 Å². The third-order valence-corrected chi connectivity index (χ3v) is 7.00. The van der Waals surface area contributed by atoms with Crippen molar-refractivity contribution in [1.82, 2.24) is 14.1 Å². The number of carbonyl (C=O) groups excluding carboxylic acids is 1. The van der Waals surface area contributed by atoms with Crippen molar-refractivity contribution in [1.29, 1.82) is 0 Å². The minimum Gasteiger partial charge on any atom is -0.379 e. The first kappa shape index (κ1) is 20.2. The van der Waals surface area contributed by atoms with Gasteiger partial charge in [-0.05, 0) is 30.7 Å². The number of sulfonamides is 1. The lowest BCUT2D eigenvalue weighted by molar-refractivity contribution is -0.133. The Morgan fingerprint density at radius 3 is 2.41 bits per heavy atom. The number of rotatable bonds is 5. The maximum atomic E-state index is 13.4. The second-order valence-electron chi connectivity index (χ2n) is 6.90. The molecule has 0 aromatic heterocycles. The summed E-state index contributed by atoms with van der Waals surface area (Å²) in [5.41, 5.74) is 0.299. The van der Waals surface area contributed by atoms with Gasteiger partial charge in [-0.15, -0.1) is 0 Å². The summed E-state index contributed by atoms with van der Waals surface area (Å²) >= 11 is 0. The van der Waals surface area contributed by atoms with Crippen LogP contribution in [0.15, 0.2) is 23.1 Å². The molecule has 2 saturated heterocycles. The van der Waals surface area contributed by atoms with Crippen LogP contribution in [0, 0.1) is 12.7 Å². The summed E-state index contributed by atoms with van der Waals surface area (Å²) in [6.45, 7) is 6.59. The first-order chi connectivity index (χ1) is 12.9. The number of carbonyl (C=O) groups is 1. The summed E-state index contributed by atoms with van der Waals surface area (Å²) in [7, 11) is -3.67. The summed E-state index contributed by atoms with van der Waals surface area (Å²) < 4.78 is 45.6. The van der Waals surface area contributed by atoms with E-state index >= 15 is 0 Å². The number of piperazine rings is 1. The number of halogens is 1. The molecule has 0 aliphatic carbocycles. The molecule has 7 nitrogen and oxygen atoms in total. The van der Waals surface area contributed by atoms with Crippen LogP contribution in [0.5, 0.6) is 0 Å². The Hall–Kier alpha value is -1.55. The molecule has 0 radical (unpaired) electrons. The lowest BCUT2D eigenvalue weighted by Crippen LogP contribution is -2.51. The van der Waals surface area contributed by atoms with Gasteiger partial charge >= 0.3 is 0 Å². The molecule has 1 aromatic carbocycles. The smallest absolute Gasteiger partial charge is 0.243 e. The molecule has 0 bridgehead atoms. The third-order valence-electron chi connectivity index (χ3n) is 5.10. The van der Waals surface area contributed by atoms with Gasteiger partial charge in [0.05, 0.1) is 18.1 Å². The van der Waals surface area contributed by atoms with Crippen LogP contribution in [0.4, 0.5) is 4.39 Å². The van der Waals surface area contributed by atoms with Crippen molar-refractivity contribution in [3.8, 4) is 0 Å². The van der Waals surface area contributed by atoms with Crippen molar-refractivity contribution in [3.05, 3.63) is 29.6 Å². The van der Waals surface area contributed by atoms with E-state index in [1.807, 2.05) is 0 Å². The normalized spacial score (nSPS) is 20.0. The van der Waals surface area contributed by atoms with Gasteiger partial charge in [0.1, 0.15) is 5.82 Å². The fourth-order valence-corrected chi connectivity index (χ4v) is 4.85. The Bertz CT molecular complexity index is 773. The molecule has 2 aliphatic rings. The van der Waals surface area contributed by atoms with Gasteiger partial charge in [0.25, 0.3) is 0 Å². The molecule has 1 amide bonds. The first-order valence-corrected chi connectivity index (χ1v) is 10.7. The zero-order valence-corrected chi connectivity index (χ0v) is 16.4. The van der Waals surface area contributed by atoms with Gasteiger partial charge in [-0.3, -0.25) is 9.69 Å². The molecule has 3 rings (SSSR count). The van der Waals surface area contributed by atoms with Crippen LogP contribution in [0.2, 0.25) is 0 Å². The molecule has 0 unspecified atom stereocenters. The van der Waals surface area contributed by atoms with Gasteiger partial charge in [0.15, 0.2) is 0 Å². The largest absolute Gasteiger partial charge is 0.379 e. The van der Waals surface area contributed by atoms with Gasteiger partial charge in [0.2, 0.25) is 15.9 Å². The fourth-order valence-electron chi connectivity index (χ4n) is 3.34. The van der Waals surface area contributed by atoms with E-state index in [0.717, 1.165) is 13.1 Å².